The van der Waals surface area contributed by atoms with Crippen LogP contribution in [-0.4, -0.2) is 4.98 Å². The van der Waals surface area contributed by atoms with Crippen LogP contribution in [0, 0.1) is 25.2 Å². The molecule has 0 amide bonds. The molecule has 3 aromatic rings. The normalized spacial score (nSPS) is 10.5. The van der Waals surface area contributed by atoms with Crippen molar-refractivity contribution in [3.8, 4) is 28.5 Å². The number of H-pyrrole nitrogens is 1. The topological polar surface area (TPSA) is 82.7 Å². The summed E-state index contributed by atoms with van der Waals surface area (Å²) in [5, 5.41) is 9.37. The molecule has 0 saturated carbocycles. The second-order valence-corrected chi connectivity index (χ2v) is 6.82. The van der Waals surface area contributed by atoms with E-state index in [9.17, 15) is 10.1 Å². The van der Waals surface area contributed by atoms with Crippen molar-refractivity contribution in [1.29, 1.82) is 5.26 Å². The molecule has 0 saturated heterocycles. The van der Waals surface area contributed by atoms with E-state index in [2.05, 4.69) is 4.98 Å². The molecule has 114 valence electrons. The van der Waals surface area contributed by atoms with Gasteiger partial charge in [-0.3, -0.25) is 4.79 Å². The number of hydrogen-bond acceptors (Lipinski definition) is 4. The van der Waals surface area contributed by atoms with Gasteiger partial charge in [0.15, 0.2) is 0 Å². The maximum Gasteiger partial charge on any atom is 0.266 e. The van der Waals surface area contributed by atoms with E-state index in [1.807, 2.05) is 44.2 Å². The predicted molar refractivity (Wildman–Crippen MR) is 94.4 cm³/mol. The number of nitrogens with one attached hydrogen (secondary N) is 1. The molecule has 0 atom stereocenters. The Morgan fingerprint density at radius 2 is 1.83 bits per heavy atom. The lowest BCUT2D eigenvalue weighted by molar-refractivity contribution is 1.22. The van der Waals surface area contributed by atoms with E-state index in [4.69, 9.17) is 5.73 Å². The number of pyridine rings is 1. The molecule has 2 aromatic heterocycles. The first-order valence-corrected chi connectivity index (χ1v) is 7.92. The molecule has 0 radical (unpaired) electrons. The van der Waals surface area contributed by atoms with Gasteiger partial charge in [0.25, 0.3) is 5.56 Å². The highest BCUT2D eigenvalue weighted by Crippen LogP contribution is 2.33. The number of aromatic amines is 1. The lowest BCUT2D eigenvalue weighted by Gasteiger charge is -2.08. The minimum absolute atomic E-state index is 0.144. The third-order valence-electron chi connectivity index (χ3n) is 3.70. The van der Waals surface area contributed by atoms with Crippen molar-refractivity contribution in [2.24, 2.45) is 0 Å². The number of nitrogens with two attached hydrogens (primary N) is 1. The van der Waals surface area contributed by atoms with Gasteiger partial charge in [0, 0.05) is 26.7 Å². The average molecular weight is 321 g/mol. The Kier molecular flexibility index (Phi) is 3.77. The number of anilines is 1. The summed E-state index contributed by atoms with van der Waals surface area (Å²) in [6, 6.07) is 13.2. The Balaban J connectivity index is 2.27. The van der Waals surface area contributed by atoms with Gasteiger partial charge in [-0.25, -0.2) is 0 Å². The Morgan fingerprint density at radius 1 is 1.13 bits per heavy atom. The Bertz CT molecular complexity index is 975. The average Bonchev–Trinajstić information content (AvgIpc) is 2.85. The molecule has 0 fully saturated rings. The van der Waals surface area contributed by atoms with Crippen LogP contribution in [0.4, 0.5) is 5.69 Å². The van der Waals surface area contributed by atoms with Gasteiger partial charge in [-0.1, -0.05) is 12.1 Å². The second kappa shape index (κ2) is 5.75. The Labute approximate surface area is 137 Å². The van der Waals surface area contributed by atoms with Gasteiger partial charge >= 0.3 is 0 Å². The highest BCUT2D eigenvalue weighted by Gasteiger charge is 2.15. The van der Waals surface area contributed by atoms with Crippen molar-refractivity contribution in [1.82, 2.24) is 4.98 Å². The number of benzene rings is 1. The lowest BCUT2D eigenvalue weighted by atomic mass is 9.99. The van der Waals surface area contributed by atoms with Crippen LogP contribution < -0.4 is 11.3 Å². The van der Waals surface area contributed by atoms with E-state index in [0.29, 0.717) is 16.9 Å². The fourth-order valence-corrected chi connectivity index (χ4v) is 3.54. The molecule has 0 aliphatic heterocycles. The number of nitriles is 1. The minimum atomic E-state index is -0.375. The fraction of sp³-hybridized carbons (Fsp3) is 0.111. The highest BCUT2D eigenvalue weighted by atomic mass is 32.1. The fourth-order valence-electron chi connectivity index (χ4n) is 2.60. The summed E-state index contributed by atoms with van der Waals surface area (Å²) in [4.78, 5) is 17.3. The van der Waals surface area contributed by atoms with Crippen LogP contribution in [0.25, 0.3) is 22.4 Å². The minimum Gasteiger partial charge on any atom is -0.399 e. The molecule has 0 unspecified atom stereocenters. The van der Waals surface area contributed by atoms with Gasteiger partial charge in [-0.05, 0) is 49.2 Å². The van der Waals surface area contributed by atoms with Crippen molar-refractivity contribution in [2.75, 3.05) is 5.73 Å². The van der Waals surface area contributed by atoms with Crippen molar-refractivity contribution >= 4 is 17.0 Å². The number of rotatable bonds is 2. The first kappa shape index (κ1) is 15.1. The lowest BCUT2D eigenvalue weighted by Crippen LogP contribution is -2.12. The van der Waals surface area contributed by atoms with Gasteiger partial charge in [-0.15, -0.1) is 11.3 Å². The van der Waals surface area contributed by atoms with Crippen LogP contribution in [0.2, 0.25) is 0 Å². The molecule has 0 aliphatic carbocycles. The van der Waals surface area contributed by atoms with Gasteiger partial charge in [0.05, 0.1) is 0 Å². The highest BCUT2D eigenvalue weighted by molar-refractivity contribution is 7.12. The zero-order valence-electron chi connectivity index (χ0n) is 12.8. The molecule has 1 aromatic carbocycles. The standard InChI is InChI=1S/C18H15N3OS/c1-10-7-14(11(2)23-10)15-8-17(21-18(22)16(15)9-19)12-3-5-13(20)6-4-12/h3-8H,20H2,1-2H3,(H,21,22). The molecule has 3 rings (SSSR count). The van der Waals surface area contributed by atoms with Gasteiger partial charge in [0.2, 0.25) is 0 Å². The number of hydrogen-bond donors (Lipinski definition) is 2. The second-order valence-electron chi connectivity index (χ2n) is 5.36. The van der Waals surface area contributed by atoms with Crippen molar-refractivity contribution in [3.63, 3.8) is 0 Å². The van der Waals surface area contributed by atoms with Crippen LogP contribution in [0.1, 0.15) is 15.3 Å². The van der Waals surface area contributed by atoms with Gasteiger partial charge in [-0.2, -0.15) is 5.26 Å². The van der Waals surface area contributed by atoms with E-state index in [-0.39, 0.29) is 11.1 Å². The molecule has 0 spiro atoms. The van der Waals surface area contributed by atoms with E-state index in [1.165, 1.54) is 0 Å². The smallest absolute Gasteiger partial charge is 0.266 e. The molecule has 5 heteroatoms. The summed E-state index contributed by atoms with van der Waals surface area (Å²) < 4.78 is 0. The summed E-state index contributed by atoms with van der Waals surface area (Å²) in [7, 11) is 0. The van der Waals surface area contributed by atoms with E-state index in [0.717, 1.165) is 20.9 Å². The largest absolute Gasteiger partial charge is 0.399 e. The zero-order valence-corrected chi connectivity index (χ0v) is 13.6. The number of nitrogen functional groups attached to an aromatic ring is 1. The first-order chi connectivity index (χ1) is 11.0. The summed E-state index contributed by atoms with van der Waals surface area (Å²) in [5.74, 6) is 0. The molecule has 0 bridgehead atoms. The van der Waals surface area contributed by atoms with Crippen LogP contribution in [-0.2, 0) is 0 Å². The Morgan fingerprint density at radius 3 is 2.39 bits per heavy atom. The van der Waals surface area contributed by atoms with Gasteiger partial charge in [0.1, 0.15) is 11.6 Å². The number of aryl methyl sites for hydroxylation is 2. The van der Waals surface area contributed by atoms with Crippen LogP contribution in [0.15, 0.2) is 41.2 Å². The molecule has 4 nitrogen and oxygen atoms in total. The van der Waals surface area contributed by atoms with Gasteiger partial charge < -0.3 is 10.7 Å². The molecule has 0 aliphatic rings. The quantitative estimate of drug-likeness (QED) is 0.703. The van der Waals surface area contributed by atoms with Crippen LogP contribution >= 0.6 is 11.3 Å². The van der Waals surface area contributed by atoms with Crippen molar-refractivity contribution < 1.29 is 0 Å². The maximum absolute atomic E-state index is 12.3. The third-order valence-corrected chi connectivity index (χ3v) is 4.66. The van der Waals surface area contributed by atoms with E-state index in [1.54, 1.807) is 23.5 Å². The van der Waals surface area contributed by atoms with Crippen LogP contribution in [0.5, 0.6) is 0 Å². The molecule has 2 heterocycles. The molecule has 23 heavy (non-hydrogen) atoms. The number of nitrogens with zero attached hydrogens (tertiary/aromatic N) is 1. The molecular weight excluding hydrogens is 306 g/mol. The Hall–Kier alpha value is -2.84. The van der Waals surface area contributed by atoms with Crippen molar-refractivity contribution in [3.05, 3.63) is 62.1 Å². The summed E-state index contributed by atoms with van der Waals surface area (Å²) in [6.07, 6.45) is 0. The zero-order chi connectivity index (χ0) is 16.6. The maximum atomic E-state index is 12.3. The summed E-state index contributed by atoms with van der Waals surface area (Å²) in [6.45, 7) is 4.01. The SMILES string of the molecule is Cc1cc(-c2cc(-c3ccc(N)cc3)[nH]c(=O)c2C#N)c(C)s1. The van der Waals surface area contributed by atoms with Crippen LogP contribution in [0.3, 0.4) is 0 Å². The van der Waals surface area contributed by atoms with E-state index < -0.39 is 0 Å². The number of aromatic nitrogens is 1. The molecule has 3 N–H and O–H groups in total. The first-order valence-electron chi connectivity index (χ1n) is 7.10. The predicted octanol–water partition coefficient (Wildman–Crippen LogP) is 3.84. The molecular formula is C18H15N3OS. The summed E-state index contributed by atoms with van der Waals surface area (Å²) in [5.41, 5.74) is 9.28. The monoisotopic (exact) mass is 321 g/mol. The number of thiophene rings is 1. The summed E-state index contributed by atoms with van der Waals surface area (Å²) >= 11 is 1.65. The van der Waals surface area contributed by atoms with E-state index >= 15 is 0 Å². The van der Waals surface area contributed by atoms with Crippen molar-refractivity contribution in [2.45, 2.75) is 13.8 Å². The third kappa shape index (κ3) is 2.77.